The molecule has 1 nitrogen and oxygen atoms in total. The summed E-state index contributed by atoms with van der Waals surface area (Å²) in [4.78, 5) is 11.5. The highest BCUT2D eigenvalue weighted by Crippen LogP contribution is 2.25. The number of hydrogen-bond donors (Lipinski definition) is 0. The third kappa shape index (κ3) is 4.40. The van der Waals surface area contributed by atoms with E-state index in [1.165, 1.54) is 0 Å². The Bertz CT molecular complexity index is 404. The molecule has 0 aliphatic rings. The first-order valence-corrected chi connectivity index (χ1v) is 6.22. The predicted molar refractivity (Wildman–Crippen MR) is 66.5 cm³/mol. The van der Waals surface area contributed by atoms with Crippen LogP contribution in [-0.2, 0) is 0 Å². The van der Waals surface area contributed by atoms with Crippen molar-refractivity contribution >= 4 is 44.3 Å². The molecule has 0 N–H and O–H groups in total. The summed E-state index contributed by atoms with van der Waals surface area (Å²) in [5.41, 5.74) is 0.333. The van der Waals surface area contributed by atoms with Gasteiger partial charge in [0.2, 0.25) is 0 Å². The van der Waals surface area contributed by atoms with Gasteiger partial charge in [-0.1, -0.05) is 15.9 Å². The maximum absolute atomic E-state index is 11.9. The van der Waals surface area contributed by atoms with Crippen LogP contribution < -0.4 is 0 Å². The van der Waals surface area contributed by atoms with Crippen LogP contribution in [0, 0.1) is 3.57 Å². The molecule has 0 amide bonds. The maximum atomic E-state index is 11.9. The second-order valence-corrected chi connectivity index (χ2v) is 5.24. The molecular weight excluding hydrogens is 400 g/mol. The van der Waals surface area contributed by atoms with Crippen LogP contribution in [0.2, 0.25) is 0 Å². The van der Waals surface area contributed by atoms with Gasteiger partial charge in [0, 0.05) is 20.0 Å². The minimum atomic E-state index is -4.28. The molecule has 0 saturated heterocycles. The Morgan fingerprint density at radius 1 is 1.38 bits per heavy atom. The lowest BCUT2D eigenvalue weighted by molar-refractivity contribution is -0.133. The average Bonchev–Trinajstić information content (AvgIpc) is 2.17. The lowest BCUT2D eigenvalue weighted by atomic mass is 10.1. The molecule has 0 aromatic heterocycles. The summed E-state index contributed by atoms with van der Waals surface area (Å²) in [6.45, 7) is 0. The summed E-state index contributed by atoms with van der Waals surface area (Å²) in [7, 11) is 0. The molecular formula is C10H7BrF3IO. The Morgan fingerprint density at radius 3 is 2.56 bits per heavy atom. The van der Waals surface area contributed by atoms with Crippen LogP contribution in [0.1, 0.15) is 23.2 Å². The van der Waals surface area contributed by atoms with Crippen LogP contribution >= 0.6 is 38.5 Å². The van der Waals surface area contributed by atoms with Gasteiger partial charge >= 0.3 is 6.18 Å². The van der Waals surface area contributed by atoms with E-state index in [4.69, 9.17) is 0 Å². The number of ketones is 1. The largest absolute Gasteiger partial charge is 0.389 e. The van der Waals surface area contributed by atoms with Gasteiger partial charge in [-0.2, -0.15) is 13.2 Å². The Hall–Kier alpha value is -0.110. The van der Waals surface area contributed by atoms with Gasteiger partial charge in [0.15, 0.2) is 5.78 Å². The minimum absolute atomic E-state index is 0.333. The third-order valence-electron chi connectivity index (χ3n) is 1.86. The number of Topliss-reactive ketones (excluding diaryl/α,β-unsaturated/α-hetero) is 1. The quantitative estimate of drug-likeness (QED) is 0.530. The molecule has 0 bridgehead atoms. The molecule has 1 aromatic rings. The van der Waals surface area contributed by atoms with Crippen molar-refractivity contribution in [3.05, 3.63) is 31.8 Å². The van der Waals surface area contributed by atoms with Crippen LogP contribution in [0.4, 0.5) is 13.2 Å². The molecule has 0 saturated carbocycles. The molecule has 0 spiro atoms. The Kier molecular flexibility index (Phi) is 4.78. The summed E-state index contributed by atoms with van der Waals surface area (Å²) >= 11 is 5.11. The molecule has 0 unspecified atom stereocenters. The fraction of sp³-hybridized carbons (Fsp3) is 0.300. The van der Waals surface area contributed by atoms with Gasteiger partial charge in [-0.25, -0.2) is 0 Å². The summed E-state index contributed by atoms with van der Waals surface area (Å²) in [5, 5.41) is 0. The number of rotatable bonds is 3. The number of halogens is 5. The topological polar surface area (TPSA) is 17.1 Å². The van der Waals surface area contributed by atoms with Crippen molar-refractivity contribution in [2.24, 2.45) is 0 Å². The van der Waals surface area contributed by atoms with Gasteiger partial charge < -0.3 is 0 Å². The normalized spacial score (nSPS) is 11.6. The molecule has 6 heteroatoms. The maximum Gasteiger partial charge on any atom is 0.389 e. The number of carbonyl (C=O) groups excluding carboxylic acids is 1. The number of carbonyl (C=O) groups is 1. The monoisotopic (exact) mass is 406 g/mol. The van der Waals surface area contributed by atoms with E-state index in [0.29, 0.717) is 13.6 Å². The zero-order valence-corrected chi connectivity index (χ0v) is 11.7. The number of alkyl halides is 3. The Balaban J connectivity index is 2.77. The average molecular weight is 407 g/mol. The van der Waals surface area contributed by atoms with E-state index < -0.39 is 24.8 Å². The number of hydrogen-bond acceptors (Lipinski definition) is 1. The first-order valence-electron chi connectivity index (χ1n) is 4.34. The van der Waals surface area contributed by atoms with Crippen LogP contribution in [0.3, 0.4) is 0 Å². The second-order valence-electron chi connectivity index (χ2n) is 3.16. The number of benzene rings is 1. The fourth-order valence-electron chi connectivity index (χ4n) is 1.10. The van der Waals surface area contributed by atoms with Gasteiger partial charge in [-0.3, -0.25) is 4.79 Å². The standard InChI is InChI=1S/C10H7BrF3IO/c11-6-1-2-8(15)7(5-6)9(16)3-4-10(12,13)14/h1-2,5H,3-4H2. The molecule has 1 rings (SSSR count). The first-order chi connectivity index (χ1) is 7.29. The highest BCUT2D eigenvalue weighted by molar-refractivity contribution is 14.1. The van der Waals surface area contributed by atoms with Crippen LogP contribution in [-0.4, -0.2) is 12.0 Å². The fourth-order valence-corrected chi connectivity index (χ4v) is 2.10. The zero-order chi connectivity index (χ0) is 12.3. The van der Waals surface area contributed by atoms with Crippen molar-refractivity contribution in [1.29, 1.82) is 0 Å². The van der Waals surface area contributed by atoms with Crippen LogP contribution in [0.15, 0.2) is 22.7 Å². The molecule has 0 radical (unpaired) electrons. The highest BCUT2D eigenvalue weighted by atomic mass is 127. The van der Waals surface area contributed by atoms with Gasteiger partial charge in [0.05, 0.1) is 6.42 Å². The molecule has 0 fully saturated rings. The molecule has 0 atom stereocenters. The van der Waals surface area contributed by atoms with E-state index in [9.17, 15) is 18.0 Å². The van der Waals surface area contributed by atoms with E-state index >= 15 is 0 Å². The SMILES string of the molecule is O=C(CCC(F)(F)F)c1cc(Br)ccc1I. The molecule has 0 heterocycles. The lowest BCUT2D eigenvalue weighted by Gasteiger charge is -2.07. The van der Waals surface area contributed by atoms with E-state index in [0.717, 1.165) is 0 Å². The first kappa shape index (κ1) is 14.0. The van der Waals surface area contributed by atoms with Gasteiger partial charge in [-0.15, -0.1) is 0 Å². The molecule has 16 heavy (non-hydrogen) atoms. The lowest BCUT2D eigenvalue weighted by Crippen LogP contribution is -2.11. The predicted octanol–water partition coefficient (Wildman–Crippen LogP) is 4.58. The molecule has 1 aromatic carbocycles. The van der Waals surface area contributed by atoms with Crippen molar-refractivity contribution in [1.82, 2.24) is 0 Å². The van der Waals surface area contributed by atoms with Gasteiger partial charge in [0.25, 0.3) is 0 Å². The summed E-state index contributed by atoms with van der Waals surface area (Å²) in [5.74, 6) is -0.483. The van der Waals surface area contributed by atoms with Crippen molar-refractivity contribution in [3.63, 3.8) is 0 Å². The highest BCUT2D eigenvalue weighted by Gasteiger charge is 2.28. The van der Waals surface area contributed by atoms with Gasteiger partial charge in [0.1, 0.15) is 0 Å². The van der Waals surface area contributed by atoms with E-state index in [1.54, 1.807) is 18.2 Å². The molecule has 0 aliphatic heterocycles. The summed E-state index contributed by atoms with van der Waals surface area (Å²) in [6, 6.07) is 4.97. The van der Waals surface area contributed by atoms with Crippen molar-refractivity contribution in [3.8, 4) is 0 Å². The summed E-state index contributed by atoms with van der Waals surface area (Å²) < 4.78 is 37.2. The van der Waals surface area contributed by atoms with Crippen LogP contribution in [0.5, 0.6) is 0 Å². The van der Waals surface area contributed by atoms with E-state index in [2.05, 4.69) is 15.9 Å². The minimum Gasteiger partial charge on any atom is -0.294 e. The van der Waals surface area contributed by atoms with Gasteiger partial charge in [-0.05, 0) is 40.8 Å². The van der Waals surface area contributed by atoms with E-state index in [1.807, 2.05) is 22.6 Å². The summed E-state index contributed by atoms with van der Waals surface area (Å²) in [6.07, 6.45) is -5.86. The smallest absolute Gasteiger partial charge is 0.294 e. The van der Waals surface area contributed by atoms with Crippen molar-refractivity contribution in [2.75, 3.05) is 0 Å². The molecule has 88 valence electrons. The van der Waals surface area contributed by atoms with Crippen LogP contribution in [0.25, 0.3) is 0 Å². The van der Waals surface area contributed by atoms with Crippen molar-refractivity contribution in [2.45, 2.75) is 19.0 Å². The van der Waals surface area contributed by atoms with E-state index in [-0.39, 0.29) is 0 Å². The Morgan fingerprint density at radius 2 is 2.00 bits per heavy atom. The second kappa shape index (κ2) is 5.48. The third-order valence-corrected chi connectivity index (χ3v) is 3.30. The zero-order valence-electron chi connectivity index (χ0n) is 7.94. The van der Waals surface area contributed by atoms with Crippen molar-refractivity contribution < 1.29 is 18.0 Å². The Labute approximate surface area is 113 Å². The molecule has 0 aliphatic carbocycles.